The molecule has 0 saturated carbocycles. The van der Waals surface area contributed by atoms with Crippen molar-refractivity contribution < 1.29 is 14.5 Å². The molecule has 0 aliphatic carbocycles. The van der Waals surface area contributed by atoms with Crippen LogP contribution in [0.3, 0.4) is 0 Å². The summed E-state index contributed by atoms with van der Waals surface area (Å²) in [5, 5.41) is 8.70. The molecule has 9 heteroatoms. The van der Waals surface area contributed by atoms with Crippen molar-refractivity contribution in [1.82, 2.24) is 24.5 Å². The number of rotatable bonds is 7. The lowest BCUT2D eigenvalue weighted by Crippen LogP contribution is -2.35. The zero-order chi connectivity index (χ0) is 21.9. The Morgan fingerprint density at radius 1 is 1.22 bits per heavy atom. The van der Waals surface area contributed by atoms with Crippen LogP contribution in [0.4, 0.5) is 0 Å². The zero-order valence-corrected chi connectivity index (χ0v) is 18.1. The smallest absolute Gasteiger partial charge is 0.425 e. The largest absolute Gasteiger partial charge is 0.497 e. The fourth-order valence-corrected chi connectivity index (χ4v) is 4.21. The zero-order valence-electron chi connectivity index (χ0n) is 18.1. The lowest BCUT2D eigenvalue weighted by Gasteiger charge is -2.23. The molecule has 0 bridgehead atoms. The average molecular weight is 436 g/mol. The van der Waals surface area contributed by atoms with E-state index in [2.05, 4.69) is 21.5 Å². The number of aromatic amines is 1. The van der Waals surface area contributed by atoms with Gasteiger partial charge in [-0.1, -0.05) is 12.1 Å². The van der Waals surface area contributed by atoms with E-state index in [1.54, 1.807) is 11.7 Å². The van der Waals surface area contributed by atoms with E-state index in [0.717, 1.165) is 61.3 Å². The SMILES string of the molecule is COc1ccc(Cn2c(=O)n3nc[nH+]c3c3cc(CCNC4CCOCC4)cnc32)cc1. The molecular formula is C23H27N6O3+. The number of methoxy groups -OCH3 is 1. The second kappa shape index (κ2) is 9.05. The van der Waals surface area contributed by atoms with Gasteiger partial charge in [0.25, 0.3) is 12.0 Å². The van der Waals surface area contributed by atoms with Crippen molar-refractivity contribution >= 4 is 16.7 Å². The van der Waals surface area contributed by atoms with Crippen LogP contribution in [0.25, 0.3) is 16.7 Å². The van der Waals surface area contributed by atoms with Crippen molar-refractivity contribution in [1.29, 1.82) is 0 Å². The van der Waals surface area contributed by atoms with Crippen LogP contribution < -0.4 is 20.7 Å². The highest BCUT2D eigenvalue weighted by Gasteiger charge is 2.20. The molecule has 0 unspecified atom stereocenters. The molecular weight excluding hydrogens is 408 g/mol. The first-order chi connectivity index (χ1) is 15.7. The lowest BCUT2D eigenvalue weighted by molar-refractivity contribution is -0.345. The third-order valence-electron chi connectivity index (χ3n) is 6.00. The number of benzene rings is 1. The summed E-state index contributed by atoms with van der Waals surface area (Å²) in [6.07, 6.45) is 6.37. The predicted molar refractivity (Wildman–Crippen MR) is 119 cm³/mol. The van der Waals surface area contributed by atoms with Crippen LogP contribution in [0, 0.1) is 0 Å². The van der Waals surface area contributed by atoms with Crippen LogP contribution in [0.2, 0.25) is 0 Å². The monoisotopic (exact) mass is 435 g/mol. The summed E-state index contributed by atoms with van der Waals surface area (Å²) in [6, 6.07) is 10.3. The maximum Gasteiger partial charge on any atom is 0.425 e. The fourth-order valence-electron chi connectivity index (χ4n) is 4.21. The molecule has 1 aliphatic heterocycles. The summed E-state index contributed by atoms with van der Waals surface area (Å²) in [4.78, 5) is 20.9. The number of fused-ring (bicyclic) bond motifs is 3. The van der Waals surface area contributed by atoms with Crippen molar-refractivity contribution in [2.24, 2.45) is 0 Å². The minimum absolute atomic E-state index is 0.231. The maximum absolute atomic E-state index is 13.1. The number of nitrogens with one attached hydrogen (secondary N) is 2. The summed E-state index contributed by atoms with van der Waals surface area (Å²) in [5.41, 5.74) is 3.16. The maximum atomic E-state index is 13.1. The Kier molecular flexibility index (Phi) is 5.83. The summed E-state index contributed by atoms with van der Waals surface area (Å²) in [6.45, 7) is 2.93. The molecule has 1 fully saturated rings. The Bertz CT molecular complexity index is 1270. The van der Waals surface area contributed by atoms with Crippen LogP contribution in [-0.2, 0) is 17.7 Å². The normalized spacial score (nSPS) is 14.9. The van der Waals surface area contributed by atoms with Gasteiger partial charge in [-0.25, -0.2) is 14.8 Å². The fraction of sp³-hybridized carbons (Fsp3) is 0.391. The second-order valence-electron chi connectivity index (χ2n) is 8.07. The number of H-pyrrole nitrogens is 1. The molecule has 32 heavy (non-hydrogen) atoms. The number of hydrogen-bond acceptors (Lipinski definition) is 6. The van der Waals surface area contributed by atoms with Crippen LogP contribution in [0.15, 0.2) is 47.7 Å². The van der Waals surface area contributed by atoms with Crippen molar-refractivity contribution in [3.05, 3.63) is 64.5 Å². The summed E-state index contributed by atoms with van der Waals surface area (Å²) in [7, 11) is 1.63. The van der Waals surface area contributed by atoms with Gasteiger partial charge < -0.3 is 14.8 Å². The number of hydrogen-bond donors (Lipinski definition) is 1. The third kappa shape index (κ3) is 4.09. The number of nitrogens with zero attached hydrogens (tertiary/aromatic N) is 4. The van der Waals surface area contributed by atoms with E-state index < -0.39 is 0 Å². The molecule has 4 aromatic rings. The Morgan fingerprint density at radius 2 is 2.03 bits per heavy atom. The first kappa shape index (κ1) is 20.6. The van der Waals surface area contributed by atoms with E-state index in [4.69, 9.17) is 14.5 Å². The summed E-state index contributed by atoms with van der Waals surface area (Å²) >= 11 is 0. The number of pyridine rings is 1. The molecule has 1 aliphatic rings. The van der Waals surface area contributed by atoms with Crippen LogP contribution >= 0.6 is 0 Å². The third-order valence-corrected chi connectivity index (χ3v) is 6.00. The molecule has 0 amide bonds. The highest BCUT2D eigenvalue weighted by Crippen LogP contribution is 2.18. The molecule has 3 aromatic heterocycles. The summed E-state index contributed by atoms with van der Waals surface area (Å²) in [5.74, 6) is 0.778. The molecule has 0 spiro atoms. The predicted octanol–water partition coefficient (Wildman–Crippen LogP) is 1.23. The number of aromatic nitrogens is 5. The van der Waals surface area contributed by atoms with E-state index in [1.165, 1.54) is 10.8 Å². The molecule has 2 N–H and O–H groups in total. The van der Waals surface area contributed by atoms with Gasteiger partial charge in [-0.15, -0.1) is 0 Å². The van der Waals surface area contributed by atoms with Crippen LogP contribution in [0.5, 0.6) is 5.75 Å². The van der Waals surface area contributed by atoms with Crippen LogP contribution in [0.1, 0.15) is 24.0 Å². The molecule has 5 rings (SSSR count). The standard InChI is InChI=1S/C23H26N6O3/c1-31-19-4-2-16(3-5-19)14-28-21-20(22-26-15-27-29(22)23(28)30)12-17(13-25-21)6-9-24-18-7-10-32-11-8-18/h2-5,12-13,15,18,24H,6-11,14H2,1H3/p+1. The molecule has 1 aromatic carbocycles. The van der Waals surface area contributed by atoms with E-state index >= 15 is 0 Å². The van der Waals surface area contributed by atoms with Crippen molar-refractivity contribution in [2.45, 2.75) is 31.8 Å². The van der Waals surface area contributed by atoms with Gasteiger partial charge in [0, 0.05) is 30.6 Å². The highest BCUT2D eigenvalue weighted by atomic mass is 16.5. The van der Waals surface area contributed by atoms with Gasteiger partial charge in [-0.2, -0.15) is 0 Å². The van der Waals surface area contributed by atoms with E-state index in [9.17, 15) is 4.79 Å². The van der Waals surface area contributed by atoms with E-state index in [-0.39, 0.29) is 5.69 Å². The van der Waals surface area contributed by atoms with E-state index in [1.807, 2.05) is 30.5 Å². The molecule has 0 radical (unpaired) electrons. The van der Waals surface area contributed by atoms with Crippen LogP contribution in [-0.4, -0.2) is 52.1 Å². The van der Waals surface area contributed by atoms with Gasteiger partial charge in [0.2, 0.25) is 0 Å². The van der Waals surface area contributed by atoms with Gasteiger partial charge in [-0.05, 0) is 59.6 Å². The van der Waals surface area contributed by atoms with Gasteiger partial charge >= 0.3 is 5.69 Å². The Balaban J connectivity index is 1.45. The Labute approximate surface area is 185 Å². The molecule has 4 heterocycles. The molecule has 0 atom stereocenters. The Hall–Kier alpha value is -3.30. The topological polar surface area (TPSA) is 96.8 Å². The van der Waals surface area contributed by atoms with Gasteiger partial charge in [-0.3, -0.25) is 4.57 Å². The lowest BCUT2D eigenvalue weighted by atomic mass is 10.1. The minimum Gasteiger partial charge on any atom is -0.497 e. The van der Waals surface area contributed by atoms with Crippen molar-refractivity contribution in [2.75, 3.05) is 26.9 Å². The van der Waals surface area contributed by atoms with E-state index in [0.29, 0.717) is 23.9 Å². The van der Waals surface area contributed by atoms with Crippen molar-refractivity contribution in [3.8, 4) is 5.75 Å². The molecule has 166 valence electrons. The second-order valence-corrected chi connectivity index (χ2v) is 8.07. The highest BCUT2D eigenvalue weighted by molar-refractivity contribution is 5.87. The number of ether oxygens (including phenoxy) is 2. The quantitative estimate of drug-likeness (QED) is 0.469. The first-order valence-corrected chi connectivity index (χ1v) is 10.9. The van der Waals surface area contributed by atoms with Gasteiger partial charge in [0.05, 0.1) is 19.0 Å². The average Bonchev–Trinajstić information content (AvgIpc) is 3.33. The minimum atomic E-state index is -0.231. The van der Waals surface area contributed by atoms with Crippen molar-refractivity contribution in [3.63, 3.8) is 0 Å². The van der Waals surface area contributed by atoms with Gasteiger partial charge in [0.1, 0.15) is 5.75 Å². The molecule has 9 nitrogen and oxygen atoms in total. The molecule has 1 saturated heterocycles. The Morgan fingerprint density at radius 3 is 2.81 bits per heavy atom. The van der Waals surface area contributed by atoms with Gasteiger partial charge in [0.15, 0.2) is 5.65 Å². The summed E-state index contributed by atoms with van der Waals surface area (Å²) < 4.78 is 13.7. The first-order valence-electron chi connectivity index (χ1n) is 10.9.